The number of nitrogens with zero attached hydrogens (tertiary/aromatic N) is 1. The van der Waals surface area contributed by atoms with Gasteiger partial charge in [-0.15, -0.1) is 0 Å². The van der Waals surface area contributed by atoms with Gasteiger partial charge in [-0.2, -0.15) is 13.2 Å². The number of halogens is 3. The highest BCUT2D eigenvalue weighted by Crippen LogP contribution is 2.30. The molecular formula is C24H31F3N4O6S. The summed E-state index contributed by atoms with van der Waals surface area (Å²) in [4.78, 5) is 23.7. The van der Waals surface area contributed by atoms with E-state index in [1.807, 2.05) is 19.1 Å². The lowest BCUT2D eigenvalue weighted by atomic mass is 10.1. The zero-order chi connectivity index (χ0) is 28.3. The molecule has 10 nitrogen and oxygen atoms in total. The normalized spacial score (nSPS) is 13.8. The van der Waals surface area contributed by atoms with Gasteiger partial charge in [0.25, 0.3) is 15.9 Å². The number of hydrogen-bond acceptors (Lipinski definition) is 7. The van der Waals surface area contributed by atoms with Crippen molar-refractivity contribution in [3.63, 3.8) is 0 Å². The van der Waals surface area contributed by atoms with E-state index in [2.05, 4.69) is 20.3 Å². The summed E-state index contributed by atoms with van der Waals surface area (Å²) in [6, 6.07) is 11.9. The minimum atomic E-state index is -5.08. The monoisotopic (exact) mass is 560 g/mol. The predicted molar refractivity (Wildman–Crippen MR) is 136 cm³/mol. The van der Waals surface area contributed by atoms with Crippen molar-refractivity contribution in [1.29, 1.82) is 0 Å². The Labute approximate surface area is 219 Å². The van der Waals surface area contributed by atoms with E-state index in [0.29, 0.717) is 24.4 Å². The first-order chi connectivity index (χ1) is 17.9. The number of benzene rings is 2. The molecule has 0 saturated carbocycles. The molecule has 210 valence electrons. The molecule has 0 radical (unpaired) electrons. The fourth-order valence-corrected chi connectivity index (χ4v) is 4.48. The van der Waals surface area contributed by atoms with E-state index in [-0.39, 0.29) is 10.8 Å². The molecule has 2 aromatic carbocycles. The van der Waals surface area contributed by atoms with Crippen molar-refractivity contribution in [2.45, 2.75) is 24.4 Å². The summed E-state index contributed by atoms with van der Waals surface area (Å²) >= 11 is 0. The largest absolute Gasteiger partial charge is 0.490 e. The summed E-state index contributed by atoms with van der Waals surface area (Å²) in [6.07, 6.45) is -4.25. The standard InChI is InChI=1S/C22H30N4O4S.C2HF3O2/c1-3-17-4-7-19(8-5-17)31(28,29)25-20-16-18(22(27)24-12-15-30-2)6-9-21(20)26-13-10-23-11-14-26;3-2(4,5)1(6)7/h4-9,16,23,25H,3,10-15H2,1-2H3,(H,24,27);(H,6,7). The number of aliphatic carboxylic acids is 1. The van der Waals surface area contributed by atoms with Gasteiger partial charge in [0.1, 0.15) is 0 Å². The molecule has 1 aliphatic heterocycles. The number of aryl methyl sites for hydroxylation is 1. The molecule has 0 aliphatic carbocycles. The van der Waals surface area contributed by atoms with Gasteiger partial charge in [0, 0.05) is 45.4 Å². The number of anilines is 2. The molecule has 14 heteroatoms. The maximum Gasteiger partial charge on any atom is 0.490 e. The second kappa shape index (κ2) is 14.0. The van der Waals surface area contributed by atoms with Crippen molar-refractivity contribution in [1.82, 2.24) is 10.6 Å². The number of nitrogens with one attached hydrogen (secondary N) is 3. The Hall–Kier alpha value is -3.36. The second-order valence-electron chi connectivity index (χ2n) is 8.12. The average Bonchev–Trinajstić information content (AvgIpc) is 2.89. The molecule has 1 saturated heterocycles. The van der Waals surface area contributed by atoms with Gasteiger partial charge in [-0.1, -0.05) is 19.1 Å². The lowest BCUT2D eigenvalue weighted by Crippen LogP contribution is -2.43. The van der Waals surface area contributed by atoms with Crippen LogP contribution in [-0.2, 0) is 26.0 Å². The lowest BCUT2D eigenvalue weighted by Gasteiger charge is -2.31. The average molecular weight is 561 g/mol. The molecule has 0 bridgehead atoms. The van der Waals surface area contributed by atoms with Crippen LogP contribution in [0.25, 0.3) is 0 Å². The van der Waals surface area contributed by atoms with Gasteiger partial charge in [0.2, 0.25) is 0 Å². The van der Waals surface area contributed by atoms with Gasteiger partial charge in [-0.25, -0.2) is 13.2 Å². The maximum atomic E-state index is 13.1. The maximum absolute atomic E-state index is 13.1. The highest BCUT2D eigenvalue weighted by atomic mass is 32.2. The van der Waals surface area contributed by atoms with E-state index in [1.54, 1.807) is 37.4 Å². The fraction of sp³-hybridized carbons (Fsp3) is 0.417. The SMILES string of the molecule is CCc1ccc(S(=O)(=O)Nc2cc(C(=O)NCCOC)ccc2N2CCNCC2)cc1.O=C(O)C(F)(F)F. The van der Waals surface area contributed by atoms with Crippen LogP contribution in [0.2, 0.25) is 0 Å². The summed E-state index contributed by atoms with van der Waals surface area (Å²) in [5.74, 6) is -3.04. The van der Waals surface area contributed by atoms with Gasteiger partial charge >= 0.3 is 12.1 Å². The number of rotatable bonds is 9. The third-order valence-electron chi connectivity index (χ3n) is 5.44. The molecule has 1 amide bonds. The summed E-state index contributed by atoms with van der Waals surface area (Å²) in [6.45, 7) is 5.91. The molecule has 1 heterocycles. The molecule has 0 spiro atoms. The van der Waals surface area contributed by atoms with Gasteiger partial charge in [-0.3, -0.25) is 9.52 Å². The van der Waals surface area contributed by atoms with E-state index in [1.165, 1.54) is 0 Å². The van der Waals surface area contributed by atoms with Crippen molar-refractivity contribution in [3.05, 3.63) is 53.6 Å². The number of carboxylic acid groups (broad SMARTS) is 1. The number of carbonyl (C=O) groups is 2. The number of amides is 1. The topological polar surface area (TPSA) is 137 Å². The third-order valence-corrected chi connectivity index (χ3v) is 6.82. The third kappa shape index (κ3) is 9.19. The Morgan fingerprint density at radius 3 is 2.24 bits per heavy atom. The Balaban J connectivity index is 0.000000638. The predicted octanol–water partition coefficient (Wildman–Crippen LogP) is 2.47. The van der Waals surface area contributed by atoms with E-state index in [4.69, 9.17) is 14.6 Å². The van der Waals surface area contributed by atoms with Crippen LogP contribution in [-0.4, -0.2) is 78.0 Å². The van der Waals surface area contributed by atoms with Gasteiger partial charge < -0.3 is 25.4 Å². The van der Waals surface area contributed by atoms with E-state index < -0.39 is 22.2 Å². The molecule has 0 aromatic heterocycles. The molecule has 1 aliphatic rings. The Kier molecular flexibility index (Phi) is 11.4. The van der Waals surface area contributed by atoms with Crippen LogP contribution in [0.5, 0.6) is 0 Å². The van der Waals surface area contributed by atoms with Gasteiger partial charge in [0.15, 0.2) is 0 Å². The van der Waals surface area contributed by atoms with Crippen LogP contribution in [0.3, 0.4) is 0 Å². The Bertz CT molecular complexity index is 1180. The molecule has 1 fully saturated rings. The van der Waals surface area contributed by atoms with Crippen molar-refractivity contribution in [3.8, 4) is 0 Å². The summed E-state index contributed by atoms with van der Waals surface area (Å²) in [5, 5.41) is 13.2. The quantitative estimate of drug-likeness (QED) is 0.344. The zero-order valence-corrected chi connectivity index (χ0v) is 21.8. The van der Waals surface area contributed by atoms with Crippen LogP contribution in [0.1, 0.15) is 22.8 Å². The van der Waals surface area contributed by atoms with Gasteiger partial charge in [-0.05, 0) is 42.3 Å². The molecule has 0 atom stereocenters. The highest BCUT2D eigenvalue weighted by molar-refractivity contribution is 7.92. The first-order valence-electron chi connectivity index (χ1n) is 11.7. The number of alkyl halides is 3. The highest BCUT2D eigenvalue weighted by Gasteiger charge is 2.38. The van der Waals surface area contributed by atoms with Crippen molar-refractivity contribution in [2.24, 2.45) is 0 Å². The van der Waals surface area contributed by atoms with E-state index in [0.717, 1.165) is 43.9 Å². The molecule has 0 unspecified atom stereocenters. The van der Waals surface area contributed by atoms with Crippen molar-refractivity contribution in [2.75, 3.05) is 56.1 Å². The van der Waals surface area contributed by atoms with Crippen LogP contribution in [0.4, 0.5) is 24.5 Å². The van der Waals surface area contributed by atoms with Crippen molar-refractivity contribution < 1.29 is 41.0 Å². The Morgan fingerprint density at radius 1 is 1.11 bits per heavy atom. The number of carboxylic acids is 1. The van der Waals surface area contributed by atoms with Crippen molar-refractivity contribution >= 4 is 33.3 Å². The summed E-state index contributed by atoms with van der Waals surface area (Å²) in [5.41, 5.74) is 2.59. The molecule has 3 rings (SSSR count). The molecule has 4 N–H and O–H groups in total. The number of piperazine rings is 1. The number of methoxy groups -OCH3 is 1. The number of carbonyl (C=O) groups excluding carboxylic acids is 1. The number of sulfonamides is 1. The van der Waals surface area contributed by atoms with Gasteiger partial charge in [0.05, 0.1) is 22.9 Å². The second-order valence-corrected chi connectivity index (χ2v) is 9.81. The first-order valence-corrected chi connectivity index (χ1v) is 13.2. The summed E-state index contributed by atoms with van der Waals surface area (Å²) in [7, 11) is -2.24. The fourth-order valence-electron chi connectivity index (χ4n) is 3.42. The van der Waals surface area contributed by atoms with E-state index >= 15 is 0 Å². The summed E-state index contributed by atoms with van der Waals surface area (Å²) < 4.78 is 65.5. The molecular weight excluding hydrogens is 529 g/mol. The van der Waals surface area contributed by atoms with Crippen LogP contribution in [0.15, 0.2) is 47.4 Å². The first kappa shape index (κ1) is 30.9. The smallest absolute Gasteiger partial charge is 0.475 e. The Morgan fingerprint density at radius 2 is 1.71 bits per heavy atom. The zero-order valence-electron chi connectivity index (χ0n) is 21.0. The molecule has 38 heavy (non-hydrogen) atoms. The number of ether oxygens (including phenoxy) is 1. The minimum absolute atomic E-state index is 0.186. The lowest BCUT2D eigenvalue weighted by molar-refractivity contribution is -0.192. The van der Waals surface area contributed by atoms with Crippen LogP contribution < -0.4 is 20.3 Å². The molecule has 2 aromatic rings. The minimum Gasteiger partial charge on any atom is -0.475 e. The van der Waals surface area contributed by atoms with Crippen LogP contribution in [0, 0.1) is 0 Å². The van der Waals surface area contributed by atoms with Crippen LogP contribution >= 0.6 is 0 Å². The number of hydrogen-bond donors (Lipinski definition) is 4. The van der Waals surface area contributed by atoms with E-state index in [9.17, 15) is 26.4 Å².